The monoisotopic (exact) mass is 426 g/mol. The van der Waals surface area contributed by atoms with E-state index in [1.807, 2.05) is 61.5 Å². The molecule has 2 aromatic rings. The minimum absolute atomic E-state index is 0.0575. The molecular formula is C25H31ClN2O2. The van der Waals surface area contributed by atoms with Crippen LogP contribution in [0.4, 0.5) is 0 Å². The van der Waals surface area contributed by atoms with Crippen LogP contribution >= 0.6 is 11.6 Å². The van der Waals surface area contributed by atoms with E-state index in [9.17, 15) is 9.59 Å². The second-order valence-corrected chi connectivity index (χ2v) is 8.45. The molecule has 30 heavy (non-hydrogen) atoms. The highest BCUT2D eigenvalue weighted by Crippen LogP contribution is 2.22. The van der Waals surface area contributed by atoms with Crippen molar-refractivity contribution in [1.29, 1.82) is 0 Å². The number of halogens is 1. The molecule has 0 unspecified atom stereocenters. The average Bonchev–Trinajstić information content (AvgIpc) is 2.76. The van der Waals surface area contributed by atoms with Gasteiger partial charge in [0.05, 0.1) is 6.42 Å². The van der Waals surface area contributed by atoms with Crippen LogP contribution in [0.25, 0.3) is 0 Å². The van der Waals surface area contributed by atoms with Crippen molar-refractivity contribution in [2.75, 3.05) is 0 Å². The molecule has 1 fully saturated rings. The van der Waals surface area contributed by atoms with Crippen molar-refractivity contribution in [2.45, 2.75) is 70.5 Å². The lowest BCUT2D eigenvalue weighted by Gasteiger charge is -2.33. The molecule has 0 aromatic heterocycles. The normalized spacial score (nSPS) is 15.4. The van der Waals surface area contributed by atoms with E-state index in [1.165, 1.54) is 6.42 Å². The summed E-state index contributed by atoms with van der Waals surface area (Å²) in [6, 6.07) is 16.9. The maximum atomic E-state index is 13.3. The van der Waals surface area contributed by atoms with E-state index in [0.717, 1.165) is 36.8 Å². The van der Waals surface area contributed by atoms with Crippen molar-refractivity contribution in [3.05, 3.63) is 70.7 Å². The number of hydrogen-bond acceptors (Lipinski definition) is 2. The SMILES string of the molecule is CC[C@@H](C(=O)NC1CCCCC1)N(Cc1ccccc1Cl)C(=O)Cc1ccccc1. The summed E-state index contributed by atoms with van der Waals surface area (Å²) in [6.07, 6.45) is 6.39. The maximum Gasteiger partial charge on any atom is 0.243 e. The van der Waals surface area contributed by atoms with Gasteiger partial charge in [0.1, 0.15) is 6.04 Å². The molecule has 1 N–H and O–H groups in total. The molecule has 2 amide bonds. The summed E-state index contributed by atoms with van der Waals surface area (Å²) in [6.45, 7) is 2.28. The molecule has 0 bridgehead atoms. The first-order chi connectivity index (χ1) is 14.6. The van der Waals surface area contributed by atoms with E-state index in [0.29, 0.717) is 18.0 Å². The number of rotatable bonds is 8. The van der Waals surface area contributed by atoms with Gasteiger partial charge >= 0.3 is 0 Å². The topological polar surface area (TPSA) is 49.4 Å². The molecule has 1 atom stereocenters. The molecule has 1 saturated carbocycles. The summed E-state index contributed by atoms with van der Waals surface area (Å²) in [5.74, 6) is -0.121. The molecular weight excluding hydrogens is 396 g/mol. The van der Waals surface area contributed by atoms with Crippen LogP contribution < -0.4 is 5.32 Å². The van der Waals surface area contributed by atoms with Gasteiger partial charge in [0.2, 0.25) is 11.8 Å². The van der Waals surface area contributed by atoms with Gasteiger partial charge in [0, 0.05) is 17.6 Å². The smallest absolute Gasteiger partial charge is 0.243 e. The number of nitrogens with one attached hydrogen (secondary N) is 1. The molecule has 4 nitrogen and oxygen atoms in total. The lowest BCUT2D eigenvalue weighted by Crippen LogP contribution is -2.52. The Bertz CT molecular complexity index is 834. The van der Waals surface area contributed by atoms with Gasteiger partial charge in [0.25, 0.3) is 0 Å². The molecule has 2 aromatic carbocycles. The molecule has 0 aliphatic heterocycles. The van der Waals surface area contributed by atoms with Gasteiger partial charge in [-0.3, -0.25) is 9.59 Å². The molecule has 3 rings (SSSR count). The van der Waals surface area contributed by atoms with Crippen LogP contribution in [0.3, 0.4) is 0 Å². The van der Waals surface area contributed by atoms with Crippen molar-refractivity contribution >= 4 is 23.4 Å². The Hall–Kier alpha value is -2.33. The molecule has 0 saturated heterocycles. The predicted molar refractivity (Wildman–Crippen MR) is 121 cm³/mol. The fourth-order valence-electron chi connectivity index (χ4n) is 4.15. The van der Waals surface area contributed by atoms with Gasteiger partial charge in [-0.25, -0.2) is 0 Å². The second kappa shape index (κ2) is 11.2. The number of hydrogen-bond donors (Lipinski definition) is 1. The van der Waals surface area contributed by atoms with Crippen LogP contribution in [0, 0.1) is 0 Å². The van der Waals surface area contributed by atoms with Crippen molar-refractivity contribution < 1.29 is 9.59 Å². The van der Waals surface area contributed by atoms with E-state index in [1.54, 1.807) is 4.90 Å². The van der Waals surface area contributed by atoms with E-state index >= 15 is 0 Å². The fraction of sp³-hybridized carbons (Fsp3) is 0.440. The van der Waals surface area contributed by atoms with Crippen LogP contribution in [-0.4, -0.2) is 28.8 Å². The number of nitrogens with zero attached hydrogens (tertiary/aromatic N) is 1. The first-order valence-electron chi connectivity index (χ1n) is 11.0. The number of carbonyl (C=O) groups excluding carboxylic acids is 2. The van der Waals surface area contributed by atoms with E-state index < -0.39 is 6.04 Å². The minimum Gasteiger partial charge on any atom is -0.352 e. The summed E-state index contributed by atoms with van der Waals surface area (Å²) in [5, 5.41) is 3.81. The second-order valence-electron chi connectivity index (χ2n) is 8.04. The predicted octanol–water partition coefficient (Wildman–Crippen LogP) is 5.14. The van der Waals surface area contributed by atoms with E-state index in [4.69, 9.17) is 11.6 Å². The summed E-state index contributed by atoms with van der Waals surface area (Å²) in [5.41, 5.74) is 1.79. The summed E-state index contributed by atoms with van der Waals surface area (Å²) in [4.78, 5) is 28.2. The first kappa shape index (κ1) is 22.4. The van der Waals surface area contributed by atoms with Crippen LogP contribution in [0.15, 0.2) is 54.6 Å². The van der Waals surface area contributed by atoms with Crippen LogP contribution in [0.5, 0.6) is 0 Å². The van der Waals surface area contributed by atoms with E-state index in [2.05, 4.69) is 5.32 Å². The number of benzene rings is 2. The van der Waals surface area contributed by atoms with Crippen molar-refractivity contribution in [3.63, 3.8) is 0 Å². The number of amides is 2. The average molecular weight is 427 g/mol. The van der Waals surface area contributed by atoms with Crippen molar-refractivity contribution in [3.8, 4) is 0 Å². The lowest BCUT2D eigenvalue weighted by molar-refractivity contribution is -0.141. The van der Waals surface area contributed by atoms with Gasteiger partial charge in [-0.15, -0.1) is 0 Å². The first-order valence-corrected chi connectivity index (χ1v) is 11.3. The van der Waals surface area contributed by atoms with Crippen molar-refractivity contribution in [1.82, 2.24) is 10.2 Å². The highest BCUT2D eigenvalue weighted by molar-refractivity contribution is 6.31. The standard InChI is InChI=1S/C25H31ClN2O2/c1-2-23(25(30)27-21-14-7-4-8-15-21)28(18-20-13-9-10-16-22(20)26)24(29)17-19-11-5-3-6-12-19/h3,5-6,9-13,16,21,23H,2,4,7-8,14-15,17-18H2,1H3,(H,27,30)/t23-/m0/s1. The summed E-state index contributed by atoms with van der Waals surface area (Å²) in [7, 11) is 0. The number of carbonyl (C=O) groups is 2. The summed E-state index contributed by atoms with van der Waals surface area (Å²) < 4.78 is 0. The quantitative estimate of drug-likeness (QED) is 0.635. The third kappa shape index (κ3) is 6.09. The van der Waals surface area contributed by atoms with Gasteiger partial charge in [-0.05, 0) is 36.5 Å². The molecule has 160 valence electrons. The Balaban J connectivity index is 1.80. The maximum absolute atomic E-state index is 13.3. The highest BCUT2D eigenvalue weighted by Gasteiger charge is 2.30. The molecule has 0 spiro atoms. The Morgan fingerprint density at radius 3 is 2.37 bits per heavy atom. The zero-order chi connectivity index (χ0) is 21.3. The highest BCUT2D eigenvalue weighted by atomic mass is 35.5. The molecule has 1 aliphatic carbocycles. The third-order valence-corrected chi connectivity index (χ3v) is 6.20. The van der Waals surface area contributed by atoms with Gasteiger partial charge in [0.15, 0.2) is 0 Å². The Kier molecular flexibility index (Phi) is 8.32. The fourth-order valence-corrected chi connectivity index (χ4v) is 4.34. The Labute approximate surface area is 184 Å². The zero-order valence-corrected chi connectivity index (χ0v) is 18.4. The van der Waals surface area contributed by atoms with Crippen LogP contribution in [-0.2, 0) is 22.6 Å². The van der Waals surface area contributed by atoms with E-state index in [-0.39, 0.29) is 24.3 Å². The molecule has 5 heteroatoms. The Morgan fingerprint density at radius 2 is 1.70 bits per heavy atom. The van der Waals surface area contributed by atoms with Crippen molar-refractivity contribution in [2.24, 2.45) is 0 Å². The molecule has 1 aliphatic rings. The molecule has 0 heterocycles. The van der Waals surface area contributed by atoms with Gasteiger partial charge < -0.3 is 10.2 Å². The Morgan fingerprint density at radius 1 is 1.03 bits per heavy atom. The lowest BCUT2D eigenvalue weighted by atomic mass is 9.95. The minimum atomic E-state index is -0.514. The van der Waals surface area contributed by atoms with Crippen LogP contribution in [0.1, 0.15) is 56.6 Å². The largest absolute Gasteiger partial charge is 0.352 e. The summed E-state index contributed by atoms with van der Waals surface area (Å²) >= 11 is 6.38. The van der Waals surface area contributed by atoms with Gasteiger partial charge in [-0.2, -0.15) is 0 Å². The molecule has 0 radical (unpaired) electrons. The van der Waals surface area contributed by atoms with Gasteiger partial charge in [-0.1, -0.05) is 86.3 Å². The zero-order valence-electron chi connectivity index (χ0n) is 17.6. The van der Waals surface area contributed by atoms with Crippen LogP contribution in [0.2, 0.25) is 5.02 Å². The third-order valence-electron chi connectivity index (χ3n) is 5.83.